The van der Waals surface area contributed by atoms with Crippen LogP contribution in [0.2, 0.25) is 0 Å². The Morgan fingerprint density at radius 2 is 0.841 bits per heavy atom. The summed E-state index contributed by atoms with van der Waals surface area (Å²) in [5.74, 6) is 1.00. The topological polar surface area (TPSA) is 65.3 Å². The fraction of sp³-hybridized carbons (Fsp3) is 0.111. The van der Waals surface area contributed by atoms with Crippen LogP contribution >= 0.6 is 23.5 Å². The molecule has 0 unspecified atom stereocenters. The fourth-order valence-electron chi connectivity index (χ4n) is 4.73. The SMILES string of the molecule is O=C1/C(=C/c2ccccc2)N=C(SCc2ccccc2)N1CCN1C(=O)/C(=C/c2ccccc2)N=C1SCc1ccccc1. The lowest BCUT2D eigenvalue weighted by Gasteiger charge is -2.23. The van der Waals surface area contributed by atoms with E-state index in [1.165, 1.54) is 23.5 Å². The van der Waals surface area contributed by atoms with Gasteiger partial charge in [0.05, 0.1) is 0 Å². The molecule has 0 N–H and O–H groups in total. The monoisotopic (exact) mass is 614 g/mol. The molecule has 0 fully saturated rings. The molecule has 6 nitrogen and oxygen atoms in total. The van der Waals surface area contributed by atoms with Gasteiger partial charge in [-0.15, -0.1) is 0 Å². The quantitative estimate of drug-likeness (QED) is 0.185. The maximum absolute atomic E-state index is 13.7. The van der Waals surface area contributed by atoms with Gasteiger partial charge in [-0.3, -0.25) is 19.4 Å². The van der Waals surface area contributed by atoms with E-state index in [0.717, 1.165) is 22.3 Å². The molecule has 0 spiro atoms. The predicted molar refractivity (Wildman–Crippen MR) is 183 cm³/mol. The molecule has 2 heterocycles. The van der Waals surface area contributed by atoms with Gasteiger partial charge < -0.3 is 0 Å². The van der Waals surface area contributed by atoms with Crippen molar-refractivity contribution in [3.05, 3.63) is 155 Å². The third-order valence-corrected chi connectivity index (χ3v) is 9.09. The zero-order valence-electron chi connectivity index (χ0n) is 24.0. The van der Waals surface area contributed by atoms with Crippen LogP contribution in [0.25, 0.3) is 12.2 Å². The van der Waals surface area contributed by atoms with Crippen LogP contribution in [0.5, 0.6) is 0 Å². The van der Waals surface area contributed by atoms with Crippen molar-refractivity contribution < 1.29 is 9.59 Å². The summed E-state index contributed by atoms with van der Waals surface area (Å²) in [6.45, 7) is 0.585. The minimum atomic E-state index is -0.175. The van der Waals surface area contributed by atoms with Crippen molar-refractivity contribution in [3.8, 4) is 0 Å². The van der Waals surface area contributed by atoms with Crippen molar-refractivity contribution in [1.29, 1.82) is 0 Å². The average Bonchev–Trinajstić information content (AvgIpc) is 3.53. The highest BCUT2D eigenvalue weighted by molar-refractivity contribution is 8.13. The van der Waals surface area contributed by atoms with Crippen LogP contribution < -0.4 is 0 Å². The average molecular weight is 615 g/mol. The van der Waals surface area contributed by atoms with Crippen LogP contribution in [0.1, 0.15) is 22.3 Å². The summed E-state index contributed by atoms with van der Waals surface area (Å²) in [7, 11) is 0. The van der Waals surface area contributed by atoms with Crippen LogP contribution in [-0.2, 0) is 21.1 Å². The minimum absolute atomic E-state index is 0.175. The molecule has 2 amide bonds. The van der Waals surface area contributed by atoms with E-state index in [9.17, 15) is 9.59 Å². The summed E-state index contributed by atoms with van der Waals surface area (Å²) in [5, 5.41) is 1.26. The summed E-state index contributed by atoms with van der Waals surface area (Å²) < 4.78 is 0. The summed E-state index contributed by atoms with van der Waals surface area (Å²) in [6.07, 6.45) is 3.63. The van der Waals surface area contributed by atoms with Gasteiger partial charge in [-0.1, -0.05) is 145 Å². The molecular weight excluding hydrogens is 585 g/mol. The second-order valence-electron chi connectivity index (χ2n) is 10.1. The Hall–Kier alpha value is -4.66. The van der Waals surface area contributed by atoms with E-state index in [0.29, 0.717) is 46.3 Å². The number of nitrogens with zero attached hydrogens (tertiary/aromatic N) is 4. The first-order chi connectivity index (χ1) is 21.6. The van der Waals surface area contributed by atoms with Crippen molar-refractivity contribution in [2.45, 2.75) is 11.5 Å². The van der Waals surface area contributed by atoms with E-state index < -0.39 is 0 Å². The molecule has 2 aliphatic rings. The zero-order chi connectivity index (χ0) is 30.1. The molecule has 0 saturated carbocycles. The lowest BCUT2D eigenvalue weighted by atomic mass is 10.2. The number of aliphatic imine (C=N–C) groups is 2. The number of thioether (sulfide) groups is 2. The molecule has 8 heteroatoms. The van der Waals surface area contributed by atoms with Crippen LogP contribution in [0, 0.1) is 0 Å². The first kappa shape index (κ1) is 29.4. The predicted octanol–water partition coefficient (Wildman–Crippen LogP) is 7.33. The number of carbonyl (C=O) groups is 2. The number of hydrogen-bond donors (Lipinski definition) is 0. The van der Waals surface area contributed by atoms with Crippen molar-refractivity contribution in [3.63, 3.8) is 0 Å². The van der Waals surface area contributed by atoms with Gasteiger partial charge in [-0.2, -0.15) is 0 Å². The molecule has 0 bridgehead atoms. The van der Waals surface area contributed by atoms with Crippen molar-refractivity contribution in [2.24, 2.45) is 9.98 Å². The number of amides is 2. The Kier molecular flexibility index (Phi) is 9.50. The van der Waals surface area contributed by atoms with E-state index in [1.54, 1.807) is 9.80 Å². The molecule has 0 radical (unpaired) electrons. The maximum atomic E-state index is 13.7. The fourth-order valence-corrected chi connectivity index (χ4v) is 6.70. The van der Waals surface area contributed by atoms with Gasteiger partial charge in [0, 0.05) is 24.6 Å². The summed E-state index contributed by atoms with van der Waals surface area (Å²) in [5.41, 5.74) is 4.88. The normalized spacial score (nSPS) is 16.6. The number of rotatable bonds is 9. The smallest absolute Gasteiger partial charge is 0.278 e. The molecule has 4 aromatic rings. The molecule has 44 heavy (non-hydrogen) atoms. The molecule has 2 aliphatic heterocycles. The van der Waals surface area contributed by atoms with Gasteiger partial charge in [-0.05, 0) is 34.4 Å². The summed E-state index contributed by atoms with van der Waals surface area (Å²) in [6, 6.07) is 39.7. The lowest BCUT2D eigenvalue weighted by Crippen LogP contribution is -2.41. The van der Waals surface area contributed by atoms with Crippen molar-refractivity contribution >= 4 is 57.8 Å². The molecule has 0 aromatic heterocycles. The van der Waals surface area contributed by atoms with Crippen molar-refractivity contribution in [1.82, 2.24) is 9.80 Å². The third kappa shape index (κ3) is 7.27. The van der Waals surface area contributed by atoms with Crippen LogP contribution in [0.15, 0.2) is 143 Å². The largest absolute Gasteiger partial charge is 0.284 e. The highest BCUT2D eigenvalue weighted by Gasteiger charge is 2.35. The number of carbonyl (C=O) groups excluding carboxylic acids is 2. The first-order valence-corrected chi connectivity index (χ1v) is 16.3. The first-order valence-electron chi connectivity index (χ1n) is 14.3. The van der Waals surface area contributed by atoms with Crippen LogP contribution in [-0.4, -0.2) is 45.0 Å². The van der Waals surface area contributed by atoms with Gasteiger partial charge in [-0.25, -0.2) is 9.98 Å². The van der Waals surface area contributed by atoms with Gasteiger partial charge in [0.2, 0.25) is 0 Å². The van der Waals surface area contributed by atoms with E-state index in [1.807, 2.05) is 109 Å². The Labute approximate surface area is 265 Å². The van der Waals surface area contributed by atoms with Crippen molar-refractivity contribution in [2.75, 3.05) is 13.1 Å². The molecule has 218 valence electrons. The Morgan fingerprint density at radius 1 is 0.500 bits per heavy atom. The van der Waals surface area contributed by atoms with E-state index in [2.05, 4.69) is 24.3 Å². The minimum Gasteiger partial charge on any atom is -0.284 e. The summed E-state index contributed by atoms with van der Waals surface area (Å²) >= 11 is 3.04. The molecule has 0 atom stereocenters. The van der Waals surface area contributed by atoms with E-state index in [-0.39, 0.29) is 11.8 Å². The standard InChI is InChI=1S/C36H30N4O2S2/c41-33-31(23-27-13-5-1-6-14-27)37-35(43-25-29-17-9-3-10-18-29)39(33)21-22-40-34(42)32(24-28-15-7-2-8-16-28)38-36(40)44-26-30-19-11-4-12-20-30/h1-20,23-24H,21-22,25-26H2/b31-23-,32-24-. The Balaban J connectivity index is 1.23. The van der Waals surface area contributed by atoms with Gasteiger partial charge in [0.25, 0.3) is 11.8 Å². The summed E-state index contributed by atoms with van der Waals surface area (Å²) in [4.78, 5) is 40.3. The molecule has 0 aliphatic carbocycles. The number of amidine groups is 2. The molecule has 6 rings (SSSR count). The van der Waals surface area contributed by atoms with E-state index in [4.69, 9.17) is 9.98 Å². The van der Waals surface area contributed by atoms with Gasteiger partial charge >= 0.3 is 0 Å². The maximum Gasteiger partial charge on any atom is 0.278 e. The van der Waals surface area contributed by atoms with Gasteiger partial charge in [0.15, 0.2) is 10.3 Å². The third-order valence-electron chi connectivity index (χ3n) is 7.00. The Morgan fingerprint density at radius 3 is 1.20 bits per heavy atom. The second kappa shape index (κ2) is 14.2. The highest BCUT2D eigenvalue weighted by atomic mass is 32.2. The van der Waals surface area contributed by atoms with Crippen LogP contribution in [0.4, 0.5) is 0 Å². The van der Waals surface area contributed by atoms with Crippen LogP contribution in [0.3, 0.4) is 0 Å². The highest BCUT2D eigenvalue weighted by Crippen LogP contribution is 2.29. The van der Waals surface area contributed by atoms with E-state index >= 15 is 0 Å². The van der Waals surface area contributed by atoms with Gasteiger partial charge in [0.1, 0.15) is 11.4 Å². The molecule has 0 saturated heterocycles. The Bertz CT molecular complexity index is 1610. The number of benzene rings is 4. The second-order valence-corrected chi connectivity index (χ2v) is 12.0. The molecular formula is C36H30N4O2S2. The zero-order valence-corrected chi connectivity index (χ0v) is 25.6. The molecule has 4 aromatic carbocycles. The lowest BCUT2D eigenvalue weighted by molar-refractivity contribution is -0.125. The number of hydrogen-bond acceptors (Lipinski definition) is 6.